The molecule has 0 saturated heterocycles. The molecule has 0 aromatic carbocycles. The Kier molecular flexibility index (Phi) is 3.17. The van der Waals surface area contributed by atoms with Gasteiger partial charge in [0.1, 0.15) is 6.61 Å². The number of hydrogen-bond donors (Lipinski definition) is 2. The maximum Gasteiger partial charge on any atom is 0.167 e. The van der Waals surface area contributed by atoms with Gasteiger partial charge >= 0.3 is 0 Å². The number of aliphatic hydroxyl groups excluding tert-OH is 1. The van der Waals surface area contributed by atoms with Crippen LogP contribution in [0, 0.1) is 0 Å². The van der Waals surface area contributed by atoms with E-state index in [1.165, 1.54) is 0 Å². The van der Waals surface area contributed by atoms with Gasteiger partial charge in [-0.3, -0.25) is 4.79 Å². The smallest absolute Gasteiger partial charge is 0.167 e. The molecule has 0 heterocycles. The van der Waals surface area contributed by atoms with Crippen LogP contribution in [0.3, 0.4) is 0 Å². The molecule has 3 heteroatoms. The third-order valence-corrected chi connectivity index (χ3v) is 0.705. The summed E-state index contributed by atoms with van der Waals surface area (Å²) in [6.07, 6.45) is 0. The quantitative estimate of drug-likeness (QED) is 0.465. The molecule has 1 N–H and O–H groups in total. The van der Waals surface area contributed by atoms with Crippen LogP contribution >= 0.6 is 12.6 Å². The third kappa shape index (κ3) is 2.23. The molecule has 0 bridgehead atoms. The van der Waals surface area contributed by atoms with Crippen molar-refractivity contribution < 1.29 is 9.90 Å². The van der Waals surface area contributed by atoms with Gasteiger partial charge in [0.15, 0.2) is 5.78 Å². The number of aliphatic hydroxyl groups is 1. The SMILES string of the molecule is O=C(CO)CS. The predicted molar refractivity (Wildman–Crippen MR) is 25.9 cm³/mol. The zero-order valence-electron chi connectivity index (χ0n) is 3.22. The maximum absolute atomic E-state index is 9.85. The first-order valence-corrected chi connectivity index (χ1v) is 2.18. The predicted octanol–water partition coefficient (Wildman–Crippen LogP) is -0.522. The Morgan fingerprint density at radius 2 is 2.33 bits per heavy atom. The van der Waals surface area contributed by atoms with E-state index in [1.54, 1.807) is 0 Å². The largest absolute Gasteiger partial charge is 0.389 e. The highest BCUT2D eigenvalue weighted by Crippen LogP contribution is 1.72. The number of ketones is 1. The highest BCUT2D eigenvalue weighted by Gasteiger charge is 1.89. The van der Waals surface area contributed by atoms with Gasteiger partial charge in [0.05, 0.1) is 5.75 Å². The first-order valence-electron chi connectivity index (χ1n) is 1.54. The molecule has 0 aliphatic carbocycles. The third-order valence-electron chi connectivity index (χ3n) is 0.353. The van der Waals surface area contributed by atoms with E-state index in [1.807, 2.05) is 0 Å². The van der Waals surface area contributed by atoms with Gasteiger partial charge in [-0.2, -0.15) is 12.6 Å². The normalized spacial score (nSPS) is 8.33. The van der Waals surface area contributed by atoms with Crippen LogP contribution in [0.1, 0.15) is 0 Å². The van der Waals surface area contributed by atoms with Crippen molar-refractivity contribution in [1.82, 2.24) is 0 Å². The molecule has 0 unspecified atom stereocenters. The van der Waals surface area contributed by atoms with Gasteiger partial charge in [0.2, 0.25) is 0 Å². The minimum atomic E-state index is -0.385. The Labute approximate surface area is 41.6 Å². The summed E-state index contributed by atoms with van der Waals surface area (Å²) in [5.41, 5.74) is 0. The van der Waals surface area contributed by atoms with E-state index in [4.69, 9.17) is 5.11 Å². The lowest BCUT2D eigenvalue weighted by Gasteiger charge is -1.80. The molecule has 0 aromatic rings. The van der Waals surface area contributed by atoms with Crippen molar-refractivity contribution in [3.63, 3.8) is 0 Å². The summed E-state index contributed by atoms with van der Waals surface area (Å²) in [5.74, 6) is -0.102. The molecule has 0 spiro atoms. The summed E-state index contributed by atoms with van der Waals surface area (Å²) in [4.78, 5) is 9.85. The number of hydrogen-bond acceptors (Lipinski definition) is 3. The molecule has 0 rings (SSSR count). The average Bonchev–Trinajstić information content (AvgIpc) is 1.65. The molecule has 0 aliphatic heterocycles. The topological polar surface area (TPSA) is 37.3 Å². The van der Waals surface area contributed by atoms with Gasteiger partial charge in [-0.1, -0.05) is 0 Å². The van der Waals surface area contributed by atoms with Crippen molar-refractivity contribution in [2.75, 3.05) is 12.4 Å². The Morgan fingerprint density at radius 1 is 1.83 bits per heavy atom. The van der Waals surface area contributed by atoms with Gasteiger partial charge in [-0.15, -0.1) is 0 Å². The molecule has 0 amide bonds. The van der Waals surface area contributed by atoms with Crippen molar-refractivity contribution in [3.8, 4) is 0 Å². The van der Waals surface area contributed by atoms with E-state index >= 15 is 0 Å². The molecule has 36 valence electrons. The van der Waals surface area contributed by atoms with Gasteiger partial charge in [-0.05, 0) is 0 Å². The van der Waals surface area contributed by atoms with Crippen LogP contribution in [-0.2, 0) is 4.79 Å². The summed E-state index contributed by atoms with van der Waals surface area (Å²) in [6.45, 7) is -0.385. The lowest BCUT2D eigenvalue weighted by molar-refractivity contribution is -0.119. The van der Waals surface area contributed by atoms with Crippen LogP contribution in [0.15, 0.2) is 0 Å². The van der Waals surface area contributed by atoms with E-state index in [0.29, 0.717) is 0 Å². The second kappa shape index (κ2) is 3.18. The highest BCUT2D eigenvalue weighted by molar-refractivity contribution is 7.81. The fourth-order valence-corrected chi connectivity index (χ4v) is 0.150. The van der Waals surface area contributed by atoms with Crippen LogP contribution in [-0.4, -0.2) is 23.2 Å². The molecule has 0 atom stereocenters. The molecule has 0 radical (unpaired) electrons. The lowest BCUT2D eigenvalue weighted by Crippen LogP contribution is -2.03. The fraction of sp³-hybridized carbons (Fsp3) is 0.667. The van der Waals surface area contributed by atoms with Crippen molar-refractivity contribution in [3.05, 3.63) is 0 Å². The van der Waals surface area contributed by atoms with Crippen LogP contribution in [0.2, 0.25) is 0 Å². The highest BCUT2D eigenvalue weighted by atomic mass is 32.1. The van der Waals surface area contributed by atoms with Crippen molar-refractivity contribution in [2.24, 2.45) is 0 Å². The Morgan fingerprint density at radius 3 is 2.33 bits per heavy atom. The minimum absolute atomic E-state index is 0.135. The summed E-state index contributed by atoms with van der Waals surface area (Å²) >= 11 is 3.59. The Balaban J connectivity index is 2.99. The number of carbonyl (C=O) groups is 1. The Hall–Kier alpha value is -0.0200. The minimum Gasteiger partial charge on any atom is -0.389 e. The van der Waals surface area contributed by atoms with Gasteiger partial charge in [-0.25, -0.2) is 0 Å². The van der Waals surface area contributed by atoms with E-state index < -0.39 is 0 Å². The molecule has 0 saturated carbocycles. The van der Waals surface area contributed by atoms with E-state index in [0.717, 1.165) is 0 Å². The fourth-order valence-electron chi connectivity index (χ4n) is 0.0500. The molecule has 2 nitrogen and oxygen atoms in total. The molecular formula is C3H6O2S. The lowest BCUT2D eigenvalue weighted by atomic mass is 10.5. The van der Waals surface area contributed by atoms with Gasteiger partial charge in [0.25, 0.3) is 0 Å². The Bertz CT molecular complexity index is 46.8. The molecular weight excluding hydrogens is 100 g/mol. The van der Waals surface area contributed by atoms with Crippen molar-refractivity contribution >= 4 is 18.4 Å². The zero-order chi connectivity index (χ0) is 4.99. The summed E-state index contributed by atoms with van der Waals surface area (Å²) in [6, 6.07) is 0. The van der Waals surface area contributed by atoms with Crippen molar-refractivity contribution in [2.45, 2.75) is 0 Å². The van der Waals surface area contributed by atoms with E-state index in [-0.39, 0.29) is 18.1 Å². The molecule has 0 aliphatic rings. The average molecular weight is 106 g/mol. The molecule has 0 aromatic heterocycles. The first kappa shape index (κ1) is 5.98. The second-order valence-corrected chi connectivity index (χ2v) is 1.17. The number of carbonyl (C=O) groups excluding carboxylic acids is 1. The second-order valence-electron chi connectivity index (χ2n) is 0.855. The summed E-state index contributed by atoms with van der Waals surface area (Å²) in [5, 5.41) is 7.94. The van der Waals surface area contributed by atoms with Gasteiger partial charge in [0, 0.05) is 0 Å². The van der Waals surface area contributed by atoms with Crippen LogP contribution in [0.4, 0.5) is 0 Å². The molecule has 0 fully saturated rings. The van der Waals surface area contributed by atoms with Gasteiger partial charge < -0.3 is 5.11 Å². The maximum atomic E-state index is 9.85. The van der Waals surface area contributed by atoms with E-state index in [9.17, 15) is 4.79 Å². The number of rotatable bonds is 2. The van der Waals surface area contributed by atoms with E-state index in [2.05, 4.69) is 12.6 Å². The first-order chi connectivity index (χ1) is 2.81. The monoisotopic (exact) mass is 106 g/mol. The molecule has 6 heavy (non-hydrogen) atoms. The summed E-state index contributed by atoms with van der Waals surface area (Å²) in [7, 11) is 0. The van der Waals surface area contributed by atoms with Crippen LogP contribution < -0.4 is 0 Å². The summed E-state index contributed by atoms with van der Waals surface area (Å²) < 4.78 is 0. The van der Waals surface area contributed by atoms with Crippen LogP contribution in [0.5, 0.6) is 0 Å². The number of thiol groups is 1. The van der Waals surface area contributed by atoms with Crippen LogP contribution in [0.25, 0.3) is 0 Å². The number of Topliss-reactive ketones (excluding diaryl/α,β-unsaturated/α-hetero) is 1. The zero-order valence-corrected chi connectivity index (χ0v) is 4.11. The standard InChI is InChI=1S/C3H6O2S/c4-1-3(5)2-6/h4,6H,1-2H2. The van der Waals surface area contributed by atoms with Crippen molar-refractivity contribution in [1.29, 1.82) is 0 Å².